The van der Waals surface area contributed by atoms with Gasteiger partial charge < -0.3 is 20.5 Å². The van der Waals surface area contributed by atoms with Gasteiger partial charge in [0.05, 0.1) is 17.7 Å². The maximum atomic E-state index is 11.9. The molecule has 2 fully saturated rings. The Morgan fingerprint density at radius 3 is 3.06 bits per heavy atom. The van der Waals surface area contributed by atoms with E-state index in [1.165, 1.54) is 0 Å². The lowest BCUT2D eigenvalue weighted by Gasteiger charge is -2.46. The van der Waals surface area contributed by atoms with E-state index in [0.717, 1.165) is 19.4 Å². The molecule has 5 heteroatoms. The van der Waals surface area contributed by atoms with Crippen LogP contribution in [-0.4, -0.2) is 53.4 Å². The number of carbonyl (C=O) groups excluding carboxylic acids is 1. The molecule has 0 aromatic carbocycles. The smallest absolute Gasteiger partial charge is 0.239 e. The molecule has 17 heavy (non-hydrogen) atoms. The van der Waals surface area contributed by atoms with Crippen molar-refractivity contribution >= 4 is 5.91 Å². The van der Waals surface area contributed by atoms with Crippen LogP contribution in [0.4, 0.5) is 0 Å². The van der Waals surface area contributed by atoms with E-state index in [9.17, 15) is 9.90 Å². The molecule has 0 bridgehead atoms. The summed E-state index contributed by atoms with van der Waals surface area (Å²) in [5, 5.41) is 9.75. The summed E-state index contributed by atoms with van der Waals surface area (Å²) in [5.74, 6) is -0.0206. The minimum absolute atomic E-state index is 0.0206. The van der Waals surface area contributed by atoms with Crippen LogP contribution in [0.3, 0.4) is 0 Å². The Labute approximate surface area is 102 Å². The van der Waals surface area contributed by atoms with Crippen LogP contribution in [0.25, 0.3) is 0 Å². The zero-order valence-corrected chi connectivity index (χ0v) is 10.4. The first kappa shape index (κ1) is 12.8. The van der Waals surface area contributed by atoms with Gasteiger partial charge in [-0.25, -0.2) is 0 Å². The van der Waals surface area contributed by atoms with Gasteiger partial charge in [0, 0.05) is 26.1 Å². The zero-order valence-electron chi connectivity index (χ0n) is 10.4. The number of nitrogens with zero attached hydrogens (tertiary/aromatic N) is 1. The largest absolute Gasteiger partial charge is 0.393 e. The highest BCUT2D eigenvalue weighted by Crippen LogP contribution is 2.33. The highest BCUT2D eigenvalue weighted by Gasteiger charge is 2.42. The molecule has 0 aromatic heterocycles. The number of hydrogen-bond donors (Lipinski definition) is 2. The Morgan fingerprint density at radius 2 is 2.41 bits per heavy atom. The predicted molar refractivity (Wildman–Crippen MR) is 63.4 cm³/mol. The second-order valence-electron chi connectivity index (χ2n) is 5.33. The summed E-state index contributed by atoms with van der Waals surface area (Å²) < 4.78 is 5.84. The third-order valence-electron chi connectivity index (χ3n) is 3.71. The van der Waals surface area contributed by atoms with Crippen molar-refractivity contribution in [3.8, 4) is 0 Å². The zero-order chi connectivity index (χ0) is 12.5. The molecule has 2 aliphatic rings. The van der Waals surface area contributed by atoms with E-state index in [-0.39, 0.29) is 17.6 Å². The Balaban J connectivity index is 2.03. The summed E-state index contributed by atoms with van der Waals surface area (Å²) in [7, 11) is 0. The van der Waals surface area contributed by atoms with E-state index < -0.39 is 6.04 Å². The molecule has 0 saturated carbocycles. The lowest BCUT2D eigenvalue weighted by atomic mass is 9.84. The van der Waals surface area contributed by atoms with E-state index in [2.05, 4.69) is 0 Å². The predicted octanol–water partition coefficient (Wildman–Crippen LogP) is -0.134. The Bertz CT molecular complexity index is 291. The molecule has 2 heterocycles. The second kappa shape index (κ2) is 4.92. The number of piperidine rings is 1. The standard InChI is InChI=1S/C12H22N2O3/c1-9(13)11(16)14-5-2-4-12(8-14)7-10(15)3-6-17-12/h9-10,15H,2-8,13H2,1H3/t9-,10+,12-/m0/s1. The van der Waals surface area contributed by atoms with Gasteiger partial charge in [-0.3, -0.25) is 4.79 Å². The van der Waals surface area contributed by atoms with Crippen molar-refractivity contribution in [3.63, 3.8) is 0 Å². The molecule has 2 aliphatic heterocycles. The van der Waals surface area contributed by atoms with Gasteiger partial charge in [0.15, 0.2) is 0 Å². The maximum absolute atomic E-state index is 11.9. The summed E-state index contributed by atoms with van der Waals surface area (Å²) in [6.45, 7) is 3.62. The molecule has 2 saturated heterocycles. The van der Waals surface area contributed by atoms with Crippen LogP contribution >= 0.6 is 0 Å². The van der Waals surface area contributed by atoms with Crippen LogP contribution in [0.2, 0.25) is 0 Å². The van der Waals surface area contributed by atoms with Gasteiger partial charge in [-0.2, -0.15) is 0 Å². The fourth-order valence-corrected chi connectivity index (χ4v) is 2.86. The van der Waals surface area contributed by atoms with Crippen molar-refractivity contribution in [3.05, 3.63) is 0 Å². The minimum atomic E-state index is -0.460. The molecular weight excluding hydrogens is 220 g/mol. The number of carbonyl (C=O) groups is 1. The number of hydrogen-bond acceptors (Lipinski definition) is 4. The first-order valence-electron chi connectivity index (χ1n) is 6.39. The van der Waals surface area contributed by atoms with Crippen LogP contribution in [0.5, 0.6) is 0 Å². The molecule has 98 valence electrons. The van der Waals surface area contributed by atoms with Gasteiger partial charge in [-0.05, 0) is 26.2 Å². The summed E-state index contributed by atoms with van der Waals surface area (Å²) in [4.78, 5) is 13.7. The van der Waals surface area contributed by atoms with Crippen molar-refractivity contribution in [2.45, 2.75) is 50.4 Å². The van der Waals surface area contributed by atoms with E-state index in [0.29, 0.717) is 26.0 Å². The van der Waals surface area contributed by atoms with E-state index in [1.54, 1.807) is 11.8 Å². The number of ether oxygens (including phenoxy) is 1. The van der Waals surface area contributed by atoms with Crippen molar-refractivity contribution in [2.75, 3.05) is 19.7 Å². The summed E-state index contributed by atoms with van der Waals surface area (Å²) in [5.41, 5.74) is 5.30. The molecule has 1 amide bonds. The molecule has 5 nitrogen and oxygen atoms in total. The van der Waals surface area contributed by atoms with Crippen molar-refractivity contribution in [1.29, 1.82) is 0 Å². The molecule has 3 N–H and O–H groups in total. The SMILES string of the molecule is C[C@H](N)C(=O)N1CCC[C@]2(C[C@H](O)CCO2)C1. The van der Waals surface area contributed by atoms with Gasteiger partial charge in [0.25, 0.3) is 0 Å². The number of amides is 1. The summed E-state index contributed by atoms with van der Waals surface area (Å²) in [6, 6.07) is -0.460. The first-order chi connectivity index (χ1) is 8.02. The second-order valence-corrected chi connectivity index (χ2v) is 5.33. The Kier molecular flexibility index (Phi) is 3.70. The normalized spacial score (nSPS) is 35.9. The average Bonchev–Trinajstić information content (AvgIpc) is 2.27. The molecule has 2 rings (SSSR count). The molecule has 0 unspecified atom stereocenters. The molecular formula is C12H22N2O3. The highest BCUT2D eigenvalue weighted by atomic mass is 16.5. The lowest BCUT2D eigenvalue weighted by Crippen LogP contribution is -2.57. The molecule has 0 aromatic rings. The van der Waals surface area contributed by atoms with E-state index >= 15 is 0 Å². The van der Waals surface area contributed by atoms with Crippen LogP contribution < -0.4 is 5.73 Å². The maximum Gasteiger partial charge on any atom is 0.239 e. The summed E-state index contributed by atoms with van der Waals surface area (Å²) in [6.07, 6.45) is 2.88. The number of nitrogens with two attached hydrogens (primary N) is 1. The number of aliphatic hydroxyl groups is 1. The van der Waals surface area contributed by atoms with E-state index in [1.807, 2.05) is 0 Å². The quantitative estimate of drug-likeness (QED) is 0.671. The Hall–Kier alpha value is -0.650. The molecule has 0 radical (unpaired) electrons. The van der Waals surface area contributed by atoms with E-state index in [4.69, 9.17) is 10.5 Å². The van der Waals surface area contributed by atoms with Crippen LogP contribution in [0, 0.1) is 0 Å². The van der Waals surface area contributed by atoms with Crippen LogP contribution in [-0.2, 0) is 9.53 Å². The topological polar surface area (TPSA) is 75.8 Å². The van der Waals surface area contributed by atoms with Gasteiger partial charge in [0.1, 0.15) is 0 Å². The van der Waals surface area contributed by atoms with Gasteiger partial charge >= 0.3 is 0 Å². The van der Waals surface area contributed by atoms with Crippen LogP contribution in [0.1, 0.15) is 32.6 Å². The van der Waals surface area contributed by atoms with Crippen molar-refractivity contribution in [1.82, 2.24) is 4.90 Å². The third kappa shape index (κ3) is 2.78. The summed E-state index contributed by atoms with van der Waals surface area (Å²) >= 11 is 0. The molecule has 3 atom stereocenters. The van der Waals surface area contributed by atoms with Gasteiger partial charge in [0.2, 0.25) is 5.91 Å². The monoisotopic (exact) mass is 242 g/mol. The number of aliphatic hydroxyl groups excluding tert-OH is 1. The first-order valence-corrected chi connectivity index (χ1v) is 6.39. The lowest BCUT2D eigenvalue weighted by molar-refractivity contribution is -0.161. The van der Waals surface area contributed by atoms with Gasteiger partial charge in [-0.15, -0.1) is 0 Å². The third-order valence-corrected chi connectivity index (χ3v) is 3.71. The number of rotatable bonds is 1. The fourth-order valence-electron chi connectivity index (χ4n) is 2.86. The molecule has 1 spiro atoms. The molecule has 0 aliphatic carbocycles. The van der Waals surface area contributed by atoms with Crippen molar-refractivity contribution < 1.29 is 14.6 Å². The Morgan fingerprint density at radius 1 is 1.65 bits per heavy atom. The minimum Gasteiger partial charge on any atom is -0.393 e. The van der Waals surface area contributed by atoms with Crippen molar-refractivity contribution in [2.24, 2.45) is 5.73 Å². The van der Waals surface area contributed by atoms with Crippen LogP contribution in [0.15, 0.2) is 0 Å². The number of likely N-dealkylation sites (tertiary alicyclic amines) is 1. The van der Waals surface area contributed by atoms with Gasteiger partial charge in [-0.1, -0.05) is 0 Å². The highest BCUT2D eigenvalue weighted by molar-refractivity contribution is 5.81. The average molecular weight is 242 g/mol. The fraction of sp³-hybridized carbons (Fsp3) is 0.917.